The fourth-order valence-corrected chi connectivity index (χ4v) is 2.40. The molecular weight excluding hydrogens is 234 g/mol. The predicted octanol–water partition coefficient (Wildman–Crippen LogP) is 2.85. The van der Waals surface area contributed by atoms with E-state index >= 15 is 0 Å². The van der Waals surface area contributed by atoms with E-state index in [2.05, 4.69) is 17.5 Å². The Hall–Kier alpha value is -1.12. The molecule has 1 aromatic carbocycles. The third-order valence-corrected chi connectivity index (χ3v) is 3.48. The molecule has 1 atom stereocenters. The molecule has 90 valence electrons. The quantitative estimate of drug-likeness (QED) is 0.889. The van der Waals surface area contributed by atoms with Gasteiger partial charge in [-0.2, -0.15) is 0 Å². The molecule has 0 bridgehead atoms. The Labute approximate surface area is 107 Å². The highest BCUT2D eigenvalue weighted by atomic mass is 35.5. The predicted molar refractivity (Wildman–Crippen MR) is 71.3 cm³/mol. The maximum Gasteiger partial charge on any atom is 0.147 e. The number of ketones is 1. The van der Waals surface area contributed by atoms with Crippen LogP contribution >= 0.6 is 11.6 Å². The van der Waals surface area contributed by atoms with E-state index < -0.39 is 0 Å². The van der Waals surface area contributed by atoms with E-state index in [0.717, 1.165) is 17.9 Å². The van der Waals surface area contributed by atoms with Crippen molar-refractivity contribution < 1.29 is 4.79 Å². The molecule has 0 saturated heterocycles. The average Bonchev–Trinajstić information content (AvgIpc) is 2.68. The van der Waals surface area contributed by atoms with Gasteiger partial charge in [-0.3, -0.25) is 4.79 Å². The number of Topliss-reactive ketones (excluding diaryl/α,β-unsaturated/α-hetero) is 1. The van der Waals surface area contributed by atoms with Gasteiger partial charge in [0.2, 0.25) is 0 Å². The van der Waals surface area contributed by atoms with Crippen LogP contribution in [-0.2, 0) is 11.2 Å². The van der Waals surface area contributed by atoms with Gasteiger partial charge in [0.25, 0.3) is 0 Å². The normalized spacial score (nSPS) is 15.4. The van der Waals surface area contributed by atoms with E-state index in [1.165, 1.54) is 16.7 Å². The van der Waals surface area contributed by atoms with E-state index in [4.69, 9.17) is 11.6 Å². The Bertz CT molecular complexity index is 479. The van der Waals surface area contributed by atoms with Gasteiger partial charge in [-0.25, -0.2) is 0 Å². The van der Waals surface area contributed by atoms with Crippen molar-refractivity contribution in [1.82, 2.24) is 5.32 Å². The Kier molecular flexibility index (Phi) is 3.65. The molecule has 1 aliphatic rings. The van der Waals surface area contributed by atoms with Crippen LogP contribution in [0.15, 0.2) is 24.3 Å². The molecule has 0 radical (unpaired) electrons. The largest absolute Gasteiger partial charge is 0.310 e. The number of halogens is 1. The van der Waals surface area contributed by atoms with Crippen LogP contribution in [0.25, 0.3) is 5.57 Å². The number of fused-ring (bicyclic) bond motifs is 1. The zero-order valence-electron chi connectivity index (χ0n) is 10.1. The van der Waals surface area contributed by atoms with Gasteiger partial charge in [0, 0.05) is 5.02 Å². The van der Waals surface area contributed by atoms with Gasteiger partial charge in [0.05, 0.1) is 6.04 Å². The molecule has 17 heavy (non-hydrogen) atoms. The summed E-state index contributed by atoms with van der Waals surface area (Å²) < 4.78 is 0. The summed E-state index contributed by atoms with van der Waals surface area (Å²) in [5.41, 5.74) is 3.71. The summed E-state index contributed by atoms with van der Waals surface area (Å²) in [6.07, 6.45) is 3.86. The van der Waals surface area contributed by atoms with Gasteiger partial charge in [-0.05, 0) is 55.6 Å². The van der Waals surface area contributed by atoms with Gasteiger partial charge in [0.1, 0.15) is 5.78 Å². The smallest absolute Gasteiger partial charge is 0.147 e. The van der Waals surface area contributed by atoms with E-state index in [1.54, 1.807) is 6.92 Å². The number of likely N-dealkylation sites (N-methyl/N-ethyl adjacent to an activating group) is 1. The maximum absolute atomic E-state index is 11.4. The highest BCUT2D eigenvalue weighted by Gasteiger charge is 2.19. The van der Waals surface area contributed by atoms with Gasteiger partial charge in [0.15, 0.2) is 0 Å². The highest BCUT2D eigenvalue weighted by Crippen LogP contribution is 2.32. The Morgan fingerprint density at radius 1 is 1.53 bits per heavy atom. The zero-order chi connectivity index (χ0) is 12.4. The van der Waals surface area contributed by atoms with Crippen molar-refractivity contribution >= 4 is 23.0 Å². The van der Waals surface area contributed by atoms with Crippen LogP contribution in [0.5, 0.6) is 0 Å². The molecule has 1 aromatic rings. The van der Waals surface area contributed by atoms with Crippen molar-refractivity contribution in [3.05, 3.63) is 40.4 Å². The Morgan fingerprint density at radius 2 is 2.29 bits per heavy atom. The minimum atomic E-state index is -0.105. The van der Waals surface area contributed by atoms with Crippen molar-refractivity contribution in [2.75, 3.05) is 7.05 Å². The van der Waals surface area contributed by atoms with E-state index in [1.807, 2.05) is 19.2 Å². The van der Waals surface area contributed by atoms with Crippen molar-refractivity contribution in [2.45, 2.75) is 25.8 Å². The summed E-state index contributed by atoms with van der Waals surface area (Å²) in [6.45, 7) is 1.62. The van der Waals surface area contributed by atoms with Crippen LogP contribution in [0.4, 0.5) is 0 Å². The summed E-state index contributed by atoms with van der Waals surface area (Å²) in [5.74, 6) is 0.170. The number of hydrogen-bond donors (Lipinski definition) is 1. The van der Waals surface area contributed by atoms with Crippen molar-refractivity contribution in [2.24, 2.45) is 0 Å². The first kappa shape index (κ1) is 12.3. The molecule has 2 nitrogen and oxygen atoms in total. The van der Waals surface area contributed by atoms with E-state index in [-0.39, 0.29) is 11.8 Å². The fraction of sp³-hybridized carbons (Fsp3) is 0.357. The van der Waals surface area contributed by atoms with Crippen molar-refractivity contribution in [3.63, 3.8) is 0 Å². The number of benzene rings is 1. The lowest BCUT2D eigenvalue weighted by Crippen LogP contribution is -2.32. The fourth-order valence-electron chi connectivity index (χ4n) is 2.23. The van der Waals surface area contributed by atoms with Gasteiger partial charge in [-0.1, -0.05) is 23.7 Å². The maximum atomic E-state index is 11.4. The second-order valence-corrected chi connectivity index (χ2v) is 4.83. The first-order chi connectivity index (χ1) is 8.11. The Morgan fingerprint density at radius 3 is 2.94 bits per heavy atom. The Balaban J connectivity index is 2.21. The number of hydrogen-bond acceptors (Lipinski definition) is 2. The highest BCUT2D eigenvalue weighted by molar-refractivity contribution is 6.30. The third kappa shape index (κ3) is 2.59. The number of rotatable bonds is 4. The molecule has 1 N–H and O–H groups in total. The molecule has 0 aromatic heterocycles. The number of nitrogens with one attached hydrogen (secondary N) is 1. The molecule has 2 rings (SSSR count). The lowest BCUT2D eigenvalue weighted by Gasteiger charge is -2.14. The first-order valence-electron chi connectivity index (χ1n) is 5.77. The molecule has 0 fully saturated rings. The summed E-state index contributed by atoms with van der Waals surface area (Å²) in [6, 6.07) is 5.86. The second-order valence-electron chi connectivity index (χ2n) is 4.39. The molecule has 1 aliphatic carbocycles. The minimum absolute atomic E-state index is 0.105. The van der Waals surface area contributed by atoms with Gasteiger partial charge < -0.3 is 5.32 Å². The number of carbonyl (C=O) groups excluding carboxylic acids is 1. The van der Waals surface area contributed by atoms with Gasteiger partial charge in [-0.15, -0.1) is 0 Å². The minimum Gasteiger partial charge on any atom is -0.310 e. The monoisotopic (exact) mass is 249 g/mol. The molecule has 0 heterocycles. The third-order valence-electron chi connectivity index (χ3n) is 3.25. The van der Waals surface area contributed by atoms with Crippen LogP contribution < -0.4 is 5.32 Å². The molecule has 1 unspecified atom stereocenters. The SMILES string of the molecule is CNC(CC1=CCc2ccc(Cl)cc21)C(C)=O. The van der Waals surface area contributed by atoms with E-state index in [9.17, 15) is 4.79 Å². The van der Waals surface area contributed by atoms with Crippen LogP contribution in [0, 0.1) is 0 Å². The second kappa shape index (κ2) is 5.03. The molecule has 0 aliphatic heterocycles. The first-order valence-corrected chi connectivity index (χ1v) is 6.15. The lowest BCUT2D eigenvalue weighted by atomic mass is 9.98. The summed E-state index contributed by atoms with van der Waals surface area (Å²) in [7, 11) is 1.82. The molecule has 0 saturated carbocycles. The van der Waals surface area contributed by atoms with Crippen molar-refractivity contribution in [3.8, 4) is 0 Å². The molecular formula is C14H16ClNO. The summed E-state index contributed by atoms with van der Waals surface area (Å²) >= 11 is 6.01. The topological polar surface area (TPSA) is 29.1 Å². The van der Waals surface area contributed by atoms with Crippen LogP contribution in [-0.4, -0.2) is 18.9 Å². The molecule has 3 heteroatoms. The summed E-state index contributed by atoms with van der Waals surface area (Å²) in [4.78, 5) is 11.4. The molecule has 0 spiro atoms. The van der Waals surface area contributed by atoms with Crippen molar-refractivity contribution in [1.29, 1.82) is 0 Å². The standard InChI is InChI=1S/C14H16ClNO/c1-9(17)14(16-2)7-11-4-3-10-5-6-12(15)8-13(10)11/h4-6,8,14,16H,3,7H2,1-2H3. The zero-order valence-corrected chi connectivity index (χ0v) is 10.8. The van der Waals surface area contributed by atoms with Gasteiger partial charge >= 0.3 is 0 Å². The average molecular weight is 250 g/mol. The molecule has 0 amide bonds. The van der Waals surface area contributed by atoms with Crippen LogP contribution in [0.2, 0.25) is 5.02 Å². The number of allylic oxidation sites excluding steroid dienone is 1. The van der Waals surface area contributed by atoms with Crippen LogP contribution in [0.3, 0.4) is 0 Å². The van der Waals surface area contributed by atoms with E-state index in [0.29, 0.717) is 0 Å². The van der Waals surface area contributed by atoms with Crippen LogP contribution in [0.1, 0.15) is 24.5 Å². The lowest BCUT2D eigenvalue weighted by molar-refractivity contribution is -0.118. The number of carbonyl (C=O) groups is 1. The summed E-state index contributed by atoms with van der Waals surface area (Å²) in [5, 5.41) is 3.80.